The molecule has 1 unspecified atom stereocenters. The highest BCUT2D eigenvalue weighted by Crippen LogP contribution is 2.39. The molecule has 19 heavy (non-hydrogen) atoms. The summed E-state index contributed by atoms with van der Waals surface area (Å²) in [6.45, 7) is 1.01. The maximum Gasteiger partial charge on any atom is 0.0934 e. The highest BCUT2D eigenvalue weighted by molar-refractivity contribution is 7.16. The van der Waals surface area contributed by atoms with Crippen LogP contribution in [0.2, 0.25) is 4.34 Å². The highest BCUT2D eigenvalue weighted by Gasteiger charge is 2.25. The van der Waals surface area contributed by atoms with E-state index in [9.17, 15) is 0 Å². The summed E-state index contributed by atoms with van der Waals surface area (Å²) in [6, 6.07) is 5.08. The summed E-state index contributed by atoms with van der Waals surface area (Å²) in [7, 11) is 0. The van der Waals surface area contributed by atoms with E-state index in [0.29, 0.717) is 6.04 Å². The molecule has 2 aromatic heterocycles. The molecule has 2 heterocycles. The molecule has 2 aliphatic rings. The van der Waals surface area contributed by atoms with Crippen molar-refractivity contribution in [1.82, 2.24) is 5.32 Å². The molecule has 0 aliphatic heterocycles. The average Bonchev–Trinajstić information content (AvgIpc) is 3.05. The second kappa shape index (κ2) is 4.88. The molecule has 2 aliphatic carbocycles. The van der Waals surface area contributed by atoms with Crippen LogP contribution in [-0.2, 0) is 25.8 Å². The molecule has 0 saturated carbocycles. The van der Waals surface area contributed by atoms with Gasteiger partial charge in [0.05, 0.1) is 4.34 Å². The van der Waals surface area contributed by atoms with Crippen LogP contribution in [0.3, 0.4) is 0 Å². The topological polar surface area (TPSA) is 12.0 Å². The van der Waals surface area contributed by atoms with E-state index < -0.39 is 0 Å². The summed E-state index contributed by atoms with van der Waals surface area (Å²) < 4.78 is 0.937. The first-order chi connectivity index (χ1) is 9.29. The summed E-state index contributed by atoms with van der Waals surface area (Å²) in [6.07, 6.45) is 6.36. The van der Waals surface area contributed by atoms with Crippen LogP contribution >= 0.6 is 34.3 Å². The fraction of sp³-hybridized carbons (Fsp3) is 0.467. The van der Waals surface area contributed by atoms with Gasteiger partial charge < -0.3 is 5.32 Å². The second-order valence-corrected chi connectivity index (χ2v) is 8.41. The van der Waals surface area contributed by atoms with Gasteiger partial charge in [0.1, 0.15) is 0 Å². The number of hydrogen-bond acceptors (Lipinski definition) is 3. The van der Waals surface area contributed by atoms with Crippen LogP contribution < -0.4 is 5.32 Å². The van der Waals surface area contributed by atoms with Crippen LogP contribution in [0, 0.1) is 0 Å². The van der Waals surface area contributed by atoms with Gasteiger partial charge >= 0.3 is 0 Å². The van der Waals surface area contributed by atoms with Crippen LogP contribution in [0.15, 0.2) is 12.1 Å². The lowest BCUT2D eigenvalue weighted by molar-refractivity contribution is 0.533. The smallest absolute Gasteiger partial charge is 0.0934 e. The predicted molar refractivity (Wildman–Crippen MR) is 83.6 cm³/mol. The summed E-state index contributed by atoms with van der Waals surface area (Å²) >= 11 is 9.86. The van der Waals surface area contributed by atoms with Crippen molar-refractivity contribution >= 4 is 34.3 Å². The van der Waals surface area contributed by atoms with E-state index in [1.807, 2.05) is 11.3 Å². The van der Waals surface area contributed by atoms with Gasteiger partial charge in [0.25, 0.3) is 0 Å². The van der Waals surface area contributed by atoms with Gasteiger partial charge in [0.2, 0.25) is 0 Å². The van der Waals surface area contributed by atoms with E-state index in [1.54, 1.807) is 21.8 Å². The third-order valence-corrected chi connectivity index (χ3v) is 6.74. The van der Waals surface area contributed by atoms with E-state index in [2.05, 4.69) is 17.4 Å². The van der Waals surface area contributed by atoms with Crippen molar-refractivity contribution in [3.8, 4) is 0 Å². The Labute approximate surface area is 126 Å². The monoisotopic (exact) mass is 309 g/mol. The third-order valence-electron chi connectivity index (χ3n) is 4.17. The molecule has 1 N–H and O–H groups in total. The van der Waals surface area contributed by atoms with Gasteiger partial charge in [-0.25, -0.2) is 0 Å². The number of thiophene rings is 2. The minimum absolute atomic E-state index is 0.510. The van der Waals surface area contributed by atoms with Crippen LogP contribution in [0.25, 0.3) is 0 Å². The van der Waals surface area contributed by atoms with Gasteiger partial charge in [-0.3, -0.25) is 0 Å². The van der Waals surface area contributed by atoms with Crippen LogP contribution in [0.4, 0.5) is 0 Å². The lowest BCUT2D eigenvalue weighted by atomic mass is 10.2. The molecule has 1 nitrogen and oxygen atoms in total. The van der Waals surface area contributed by atoms with Gasteiger partial charge in [-0.2, -0.15) is 0 Å². The van der Waals surface area contributed by atoms with E-state index >= 15 is 0 Å². The molecule has 0 bridgehead atoms. The molecule has 0 spiro atoms. The molecule has 0 aromatic carbocycles. The van der Waals surface area contributed by atoms with Crippen molar-refractivity contribution in [2.24, 2.45) is 0 Å². The zero-order valence-electron chi connectivity index (χ0n) is 10.7. The Morgan fingerprint density at radius 3 is 3.00 bits per heavy atom. The normalized spacial score (nSPS) is 20.8. The molecule has 100 valence electrons. The first-order valence-electron chi connectivity index (χ1n) is 6.91. The second-order valence-electron chi connectivity index (χ2n) is 5.42. The Balaban J connectivity index is 1.45. The Bertz CT molecular complexity index is 592. The maximum absolute atomic E-state index is 6.10. The molecule has 0 amide bonds. The van der Waals surface area contributed by atoms with Crippen LogP contribution in [0.1, 0.15) is 44.6 Å². The molecule has 0 saturated heterocycles. The Morgan fingerprint density at radius 1 is 1.16 bits per heavy atom. The van der Waals surface area contributed by atoms with Crippen molar-refractivity contribution < 1.29 is 0 Å². The molecule has 1 atom stereocenters. The number of rotatable bonds is 3. The van der Waals surface area contributed by atoms with Crippen LogP contribution in [-0.4, -0.2) is 0 Å². The van der Waals surface area contributed by atoms with Crippen molar-refractivity contribution in [3.63, 3.8) is 0 Å². The minimum Gasteiger partial charge on any atom is -0.305 e. The van der Waals surface area contributed by atoms with Gasteiger partial charge in [-0.05, 0) is 55.4 Å². The van der Waals surface area contributed by atoms with E-state index in [0.717, 1.165) is 10.9 Å². The standard InChI is InChI=1S/C15H16ClNS2/c16-15-7-11-12(4-5-14(11)19-15)17-8-10-6-9-2-1-3-13(9)18-10/h6-7,12,17H,1-5,8H2. The van der Waals surface area contributed by atoms with Crippen LogP contribution in [0.5, 0.6) is 0 Å². The van der Waals surface area contributed by atoms with Gasteiger partial charge in [0, 0.05) is 27.2 Å². The Kier molecular flexibility index (Phi) is 3.19. The largest absolute Gasteiger partial charge is 0.305 e. The first-order valence-corrected chi connectivity index (χ1v) is 8.92. The van der Waals surface area contributed by atoms with E-state index in [-0.39, 0.29) is 0 Å². The molecule has 0 fully saturated rings. The van der Waals surface area contributed by atoms with Gasteiger partial charge in [0.15, 0.2) is 0 Å². The summed E-state index contributed by atoms with van der Waals surface area (Å²) in [5, 5.41) is 3.71. The molecule has 0 radical (unpaired) electrons. The highest BCUT2D eigenvalue weighted by atomic mass is 35.5. The number of nitrogens with one attached hydrogen (secondary N) is 1. The minimum atomic E-state index is 0.510. The Hall–Kier alpha value is -0.350. The molecule has 2 aromatic rings. The number of fused-ring (bicyclic) bond motifs is 2. The fourth-order valence-electron chi connectivity index (χ4n) is 3.24. The zero-order chi connectivity index (χ0) is 12.8. The molecule has 4 heteroatoms. The van der Waals surface area contributed by atoms with Gasteiger partial charge in [-0.1, -0.05) is 11.6 Å². The van der Waals surface area contributed by atoms with Crippen molar-refractivity contribution in [1.29, 1.82) is 0 Å². The summed E-state index contributed by atoms with van der Waals surface area (Å²) in [5.74, 6) is 0. The molecular formula is C15H16ClNS2. The Morgan fingerprint density at radius 2 is 2.11 bits per heavy atom. The van der Waals surface area contributed by atoms with E-state index in [1.165, 1.54) is 47.4 Å². The lowest BCUT2D eigenvalue weighted by Crippen LogP contribution is -2.17. The SMILES string of the molecule is Clc1cc2c(s1)CCC2NCc1cc2c(s1)CCC2. The average molecular weight is 310 g/mol. The van der Waals surface area contributed by atoms with Crippen molar-refractivity contribution in [3.05, 3.63) is 42.2 Å². The fourth-order valence-corrected chi connectivity index (χ4v) is 5.81. The third kappa shape index (κ3) is 2.27. The molecular weight excluding hydrogens is 294 g/mol. The quantitative estimate of drug-likeness (QED) is 0.864. The molecule has 4 rings (SSSR count). The summed E-state index contributed by atoms with van der Waals surface area (Å²) in [5.41, 5.74) is 3.05. The van der Waals surface area contributed by atoms with Crippen molar-refractivity contribution in [2.75, 3.05) is 0 Å². The number of hydrogen-bond donors (Lipinski definition) is 1. The number of aryl methyl sites for hydroxylation is 3. The number of halogens is 1. The first kappa shape index (κ1) is 12.4. The van der Waals surface area contributed by atoms with E-state index in [4.69, 9.17) is 11.6 Å². The predicted octanol–water partition coefficient (Wildman–Crippen LogP) is 4.73. The van der Waals surface area contributed by atoms with Crippen molar-refractivity contribution in [2.45, 2.75) is 44.7 Å². The zero-order valence-corrected chi connectivity index (χ0v) is 13.1. The van der Waals surface area contributed by atoms with Gasteiger partial charge in [-0.15, -0.1) is 22.7 Å². The summed E-state index contributed by atoms with van der Waals surface area (Å²) in [4.78, 5) is 4.61. The lowest BCUT2D eigenvalue weighted by Gasteiger charge is -2.11. The maximum atomic E-state index is 6.10.